The number of nitrogens with one attached hydrogen (secondary N) is 1. The van der Waals surface area contributed by atoms with Crippen LogP contribution in [0.25, 0.3) is 0 Å². The average Bonchev–Trinajstić information content (AvgIpc) is 2.43. The topological polar surface area (TPSA) is 56.8 Å². The molecule has 5 heteroatoms. The molecule has 0 aliphatic heterocycles. The van der Waals surface area contributed by atoms with Gasteiger partial charge in [-0.3, -0.25) is 4.79 Å². The number of ether oxygens (including phenoxy) is 3. The molecule has 0 aromatic heterocycles. The van der Waals surface area contributed by atoms with E-state index in [0.29, 0.717) is 19.5 Å². The molecule has 0 fully saturated rings. The number of carbonyl (C=O) groups is 1. The van der Waals surface area contributed by atoms with E-state index < -0.39 is 0 Å². The summed E-state index contributed by atoms with van der Waals surface area (Å²) in [5.41, 5.74) is 2.02. The van der Waals surface area contributed by atoms with Crippen molar-refractivity contribution < 1.29 is 19.0 Å². The number of methoxy groups -OCH3 is 3. The summed E-state index contributed by atoms with van der Waals surface area (Å²) in [7, 11) is 4.67. The quantitative estimate of drug-likeness (QED) is 0.601. The van der Waals surface area contributed by atoms with Gasteiger partial charge in [-0.2, -0.15) is 0 Å². The lowest BCUT2D eigenvalue weighted by molar-refractivity contribution is -0.140. The standard InChI is InChI=1S/C14H21NO4/c1-10-7-13(18-3)11(8-12(10)17-2)9-15-6-5-14(16)19-4/h7-8,15H,5-6,9H2,1-4H3. The van der Waals surface area contributed by atoms with Crippen LogP contribution >= 0.6 is 0 Å². The lowest BCUT2D eigenvalue weighted by Gasteiger charge is -2.13. The average molecular weight is 267 g/mol. The molecular weight excluding hydrogens is 246 g/mol. The van der Waals surface area contributed by atoms with E-state index in [-0.39, 0.29) is 5.97 Å². The summed E-state index contributed by atoms with van der Waals surface area (Å²) in [5.74, 6) is 1.41. The molecule has 1 aromatic carbocycles. The number of carbonyl (C=O) groups excluding carboxylic acids is 1. The van der Waals surface area contributed by atoms with E-state index in [1.54, 1.807) is 14.2 Å². The van der Waals surface area contributed by atoms with Crippen LogP contribution in [0, 0.1) is 6.92 Å². The van der Waals surface area contributed by atoms with E-state index in [1.165, 1.54) is 7.11 Å². The van der Waals surface area contributed by atoms with Crippen molar-refractivity contribution in [1.82, 2.24) is 5.32 Å². The molecule has 0 amide bonds. The predicted molar refractivity (Wildman–Crippen MR) is 72.6 cm³/mol. The van der Waals surface area contributed by atoms with Crippen LogP contribution in [0.2, 0.25) is 0 Å². The van der Waals surface area contributed by atoms with Crippen molar-refractivity contribution in [2.45, 2.75) is 19.9 Å². The van der Waals surface area contributed by atoms with Gasteiger partial charge in [-0.1, -0.05) is 0 Å². The minimum absolute atomic E-state index is 0.221. The Morgan fingerprint density at radius 1 is 1.16 bits per heavy atom. The Kier molecular flexibility index (Phi) is 6.15. The molecule has 1 N–H and O–H groups in total. The second kappa shape index (κ2) is 7.63. The monoisotopic (exact) mass is 267 g/mol. The second-order valence-corrected chi connectivity index (χ2v) is 4.14. The SMILES string of the molecule is COC(=O)CCNCc1cc(OC)c(C)cc1OC. The van der Waals surface area contributed by atoms with Gasteiger partial charge < -0.3 is 19.5 Å². The van der Waals surface area contributed by atoms with Crippen LogP contribution in [-0.2, 0) is 16.1 Å². The zero-order chi connectivity index (χ0) is 14.3. The highest BCUT2D eigenvalue weighted by atomic mass is 16.5. The maximum absolute atomic E-state index is 11.0. The van der Waals surface area contributed by atoms with Crippen molar-refractivity contribution in [3.05, 3.63) is 23.3 Å². The van der Waals surface area contributed by atoms with E-state index in [0.717, 1.165) is 22.6 Å². The van der Waals surface area contributed by atoms with Crippen LogP contribution in [0.5, 0.6) is 11.5 Å². The molecule has 0 aliphatic rings. The van der Waals surface area contributed by atoms with E-state index in [2.05, 4.69) is 10.1 Å². The summed E-state index contributed by atoms with van der Waals surface area (Å²) in [6, 6.07) is 3.88. The minimum atomic E-state index is -0.221. The number of rotatable bonds is 7. The Morgan fingerprint density at radius 3 is 2.42 bits per heavy atom. The Morgan fingerprint density at radius 2 is 1.84 bits per heavy atom. The highest BCUT2D eigenvalue weighted by molar-refractivity contribution is 5.69. The fraction of sp³-hybridized carbons (Fsp3) is 0.500. The molecule has 106 valence electrons. The molecule has 0 radical (unpaired) electrons. The summed E-state index contributed by atoms with van der Waals surface area (Å²) in [6.07, 6.45) is 0.349. The minimum Gasteiger partial charge on any atom is -0.496 e. The van der Waals surface area contributed by atoms with Crippen molar-refractivity contribution >= 4 is 5.97 Å². The van der Waals surface area contributed by atoms with E-state index >= 15 is 0 Å². The van der Waals surface area contributed by atoms with Crippen LogP contribution < -0.4 is 14.8 Å². The van der Waals surface area contributed by atoms with E-state index in [1.807, 2.05) is 19.1 Å². The van der Waals surface area contributed by atoms with Crippen LogP contribution in [0.3, 0.4) is 0 Å². The summed E-state index contributed by atoms with van der Waals surface area (Å²) >= 11 is 0. The Hall–Kier alpha value is -1.75. The molecule has 0 unspecified atom stereocenters. The largest absolute Gasteiger partial charge is 0.496 e. The normalized spacial score (nSPS) is 10.1. The summed E-state index contributed by atoms with van der Waals surface area (Å²) in [5, 5.41) is 3.18. The fourth-order valence-electron chi connectivity index (χ4n) is 1.77. The third kappa shape index (κ3) is 4.44. The van der Waals surface area contributed by atoms with Gasteiger partial charge in [-0.25, -0.2) is 0 Å². The first-order valence-electron chi connectivity index (χ1n) is 6.11. The molecule has 0 aliphatic carbocycles. The smallest absolute Gasteiger partial charge is 0.306 e. The molecule has 0 saturated heterocycles. The maximum Gasteiger partial charge on any atom is 0.306 e. The first kappa shape index (κ1) is 15.3. The highest BCUT2D eigenvalue weighted by Gasteiger charge is 2.08. The Balaban J connectivity index is 2.63. The van der Waals surface area contributed by atoms with E-state index in [9.17, 15) is 4.79 Å². The molecule has 0 saturated carbocycles. The van der Waals surface area contributed by atoms with Crippen molar-refractivity contribution in [1.29, 1.82) is 0 Å². The van der Waals surface area contributed by atoms with Crippen molar-refractivity contribution in [3.8, 4) is 11.5 Å². The number of benzene rings is 1. The zero-order valence-electron chi connectivity index (χ0n) is 11.9. The highest BCUT2D eigenvalue weighted by Crippen LogP contribution is 2.28. The molecule has 0 atom stereocenters. The van der Waals surface area contributed by atoms with Gasteiger partial charge in [-0.15, -0.1) is 0 Å². The number of aryl methyl sites for hydroxylation is 1. The third-order valence-corrected chi connectivity index (χ3v) is 2.85. The van der Waals surface area contributed by atoms with Crippen molar-refractivity contribution in [3.63, 3.8) is 0 Å². The Labute approximate surface area is 113 Å². The van der Waals surface area contributed by atoms with Gasteiger partial charge >= 0.3 is 5.97 Å². The number of hydrogen-bond donors (Lipinski definition) is 1. The zero-order valence-corrected chi connectivity index (χ0v) is 11.9. The molecular formula is C14H21NO4. The predicted octanol–water partition coefficient (Wildman–Crippen LogP) is 1.66. The van der Waals surface area contributed by atoms with Gasteiger partial charge in [0.2, 0.25) is 0 Å². The maximum atomic E-state index is 11.0. The molecule has 0 spiro atoms. The van der Waals surface area contributed by atoms with Crippen LogP contribution in [-0.4, -0.2) is 33.8 Å². The molecule has 1 aromatic rings. The first-order valence-corrected chi connectivity index (χ1v) is 6.11. The lowest BCUT2D eigenvalue weighted by atomic mass is 10.1. The molecule has 0 bridgehead atoms. The molecule has 19 heavy (non-hydrogen) atoms. The fourth-order valence-corrected chi connectivity index (χ4v) is 1.77. The van der Waals surface area contributed by atoms with Gasteiger partial charge in [0.25, 0.3) is 0 Å². The van der Waals surface area contributed by atoms with Crippen LogP contribution in [0.15, 0.2) is 12.1 Å². The lowest BCUT2D eigenvalue weighted by Crippen LogP contribution is -2.18. The van der Waals surface area contributed by atoms with Gasteiger partial charge in [-0.05, 0) is 24.6 Å². The van der Waals surface area contributed by atoms with Gasteiger partial charge in [0.1, 0.15) is 11.5 Å². The molecule has 5 nitrogen and oxygen atoms in total. The second-order valence-electron chi connectivity index (χ2n) is 4.14. The van der Waals surface area contributed by atoms with Gasteiger partial charge in [0.05, 0.1) is 27.8 Å². The summed E-state index contributed by atoms with van der Waals surface area (Å²) in [4.78, 5) is 11.0. The number of hydrogen-bond acceptors (Lipinski definition) is 5. The van der Waals surface area contributed by atoms with E-state index in [4.69, 9.17) is 9.47 Å². The Bertz CT molecular complexity index is 432. The third-order valence-electron chi connectivity index (χ3n) is 2.85. The summed E-state index contributed by atoms with van der Waals surface area (Å²) in [6.45, 7) is 3.14. The number of esters is 1. The van der Waals surface area contributed by atoms with Gasteiger partial charge in [0, 0.05) is 18.7 Å². The molecule has 0 heterocycles. The van der Waals surface area contributed by atoms with Gasteiger partial charge in [0.15, 0.2) is 0 Å². The molecule has 1 rings (SSSR count). The summed E-state index contributed by atoms with van der Waals surface area (Å²) < 4.78 is 15.2. The first-order chi connectivity index (χ1) is 9.12. The van der Waals surface area contributed by atoms with Crippen LogP contribution in [0.1, 0.15) is 17.5 Å². The van der Waals surface area contributed by atoms with Crippen molar-refractivity contribution in [2.75, 3.05) is 27.9 Å². The van der Waals surface area contributed by atoms with Crippen molar-refractivity contribution in [2.24, 2.45) is 0 Å². The van der Waals surface area contributed by atoms with Crippen LogP contribution in [0.4, 0.5) is 0 Å².